The van der Waals surface area contributed by atoms with Crippen molar-refractivity contribution < 1.29 is 9.59 Å². The summed E-state index contributed by atoms with van der Waals surface area (Å²) in [5.41, 5.74) is 1.64. The molecule has 1 fully saturated rings. The Balaban J connectivity index is 1.69. The van der Waals surface area contributed by atoms with Gasteiger partial charge in [0.15, 0.2) is 0 Å². The first-order chi connectivity index (χ1) is 11.0. The van der Waals surface area contributed by atoms with Crippen LogP contribution in [0, 0.1) is 12.8 Å². The lowest BCUT2D eigenvalue weighted by Gasteiger charge is -2.16. The van der Waals surface area contributed by atoms with Gasteiger partial charge >= 0.3 is 0 Å². The highest BCUT2D eigenvalue weighted by atomic mass is 79.9. The SMILES string of the molecule is Cc1cccc(NC(=O)[C@H]2CC(=O)N(c3ccc(Br)cc3)C2)n1. The van der Waals surface area contributed by atoms with Gasteiger partial charge in [-0.3, -0.25) is 9.59 Å². The summed E-state index contributed by atoms with van der Waals surface area (Å²) in [6.45, 7) is 2.25. The summed E-state index contributed by atoms with van der Waals surface area (Å²) in [6, 6.07) is 12.9. The van der Waals surface area contributed by atoms with Crippen molar-refractivity contribution in [2.75, 3.05) is 16.8 Å². The van der Waals surface area contributed by atoms with Crippen molar-refractivity contribution >= 4 is 39.2 Å². The van der Waals surface area contributed by atoms with Crippen molar-refractivity contribution in [1.82, 2.24) is 4.98 Å². The maximum atomic E-state index is 12.4. The molecule has 2 amide bonds. The molecule has 1 aromatic carbocycles. The van der Waals surface area contributed by atoms with Gasteiger partial charge in [0.1, 0.15) is 5.82 Å². The zero-order valence-corrected chi connectivity index (χ0v) is 14.2. The van der Waals surface area contributed by atoms with Gasteiger partial charge in [-0.2, -0.15) is 0 Å². The molecule has 5 nitrogen and oxygen atoms in total. The summed E-state index contributed by atoms with van der Waals surface area (Å²) in [4.78, 5) is 30.5. The fraction of sp³-hybridized carbons (Fsp3) is 0.235. The molecule has 118 valence electrons. The molecule has 0 aliphatic carbocycles. The monoisotopic (exact) mass is 373 g/mol. The van der Waals surface area contributed by atoms with Crippen LogP contribution in [0.3, 0.4) is 0 Å². The Labute approximate surface area is 142 Å². The van der Waals surface area contributed by atoms with E-state index in [1.807, 2.05) is 43.3 Å². The lowest BCUT2D eigenvalue weighted by molar-refractivity contribution is -0.122. The van der Waals surface area contributed by atoms with Crippen LogP contribution in [0.4, 0.5) is 11.5 Å². The molecule has 6 heteroatoms. The van der Waals surface area contributed by atoms with Crippen LogP contribution in [0.1, 0.15) is 12.1 Å². The first-order valence-electron chi connectivity index (χ1n) is 7.33. The third-order valence-electron chi connectivity index (χ3n) is 3.77. The summed E-state index contributed by atoms with van der Waals surface area (Å²) in [6.07, 6.45) is 0.216. The Morgan fingerprint density at radius 2 is 2.00 bits per heavy atom. The zero-order valence-electron chi connectivity index (χ0n) is 12.6. The molecule has 1 aromatic heterocycles. The lowest BCUT2D eigenvalue weighted by Crippen LogP contribution is -2.28. The van der Waals surface area contributed by atoms with Crippen molar-refractivity contribution in [3.63, 3.8) is 0 Å². The first kappa shape index (κ1) is 15.7. The number of hydrogen-bond donors (Lipinski definition) is 1. The van der Waals surface area contributed by atoms with Crippen molar-refractivity contribution in [1.29, 1.82) is 0 Å². The summed E-state index contributed by atoms with van der Waals surface area (Å²) in [5, 5.41) is 2.79. The number of nitrogens with zero attached hydrogens (tertiary/aromatic N) is 2. The number of pyridine rings is 1. The molecule has 1 saturated heterocycles. The maximum Gasteiger partial charge on any atom is 0.230 e. The molecule has 3 rings (SSSR count). The maximum absolute atomic E-state index is 12.4. The van der Waals surface area contributed by atoms with Crippen LogP contribution in [0.25, 0.3) is 0 Å². The third-order valence-corrected chi connectivity index (χ3v) is 4.30. The fourth-order valence-electron chi connectivity index (χ4n) is 2.59. The van der Waals surface area contributed by atoms with Crippen LogP contribution in [-0.4, -0.2) is 23.3 Å². The van der Waals surface area contributed by atoms with E-state index in [0.717, 1.165) is 15.9 Å². The fourth-order valence-corrected chi connectivity index (χ4v) is 2.86. The van der Waals surface area contributed by atoms with Crippen molar-refractivity contribution in [3.8, 4) is 0 Å². The van der Waals surface area contributed by atoms with Gasteiger partial charge in [-0.05, 0) is 43.3 Å². The second-order valence-corrected chi connectivity index (χ2v) is 6.45. The van der Waals surface area contributed by atoms with E-state index >= 15 is 0 Å². The molecule has 1 aliphatic rings. The molecule has 1 aliphatic heterocycles. The molecule has 1 N–H and O–H groups in total. The van der Waals surface area contributed by atoms with Crippen LogP contribution in [-0.2, 0) is 9.59 Å². The predicted octanol–water partition coefficient (Wildman–Crippen LogP) is 3.14. The molecule has 2 heterocycles. The van der Waals surface area contributed by atoms with E-state index in [-0.39, 0.29) is 24.2 Å². The molecular formula is C17H16BrN3O2. The standard InChI is InChI=1S/C17H16BrN3O2/c1-11-3-2-4-15(19-11)20-17(23)12-9-16(22)21(10-12)14-7-5-13(18)6-8-14/h2-8,12H,9-10H2,1H3,(H,19,20,23)/t12-/m0/s1. The van der Waals surface area contributed by atoms with E-state index in [1.165, 1.54) is 0 Å². The molecule has 23 heavy (non-hydrogen) atoms. The topological polar surface area (TPSA) is 62.3 Å². The molecule has 0 radical (unpaired) electrons. The Bertz CT molecular complexity index is 746. The third kappa shape index (κ3) is 3.59. The predicted molar refractivity (Wildman–Crippen MR) is 92.2 cm³/mol. The number of amides is 2. The lowest BCUT2D eigenvalue weighted by atomic mass is 10.1. The van der Waals surface area contributed by atoms with Crippen LogP contribution >= 0.6 is 15.9 Å². The average Bonchev–Trinajstić information content (AvgIpc) is 2.90. The van der Waals surface area contributed by atoms with Gasteiger partial charge < -0.3 is 10.2 Å². The highest BCUT2D eigenvalue weighted by Gasteiger charge is 2.35. The van der Waals surface area contributed by atoms with Gasteiger partial charge in [-0.15, -0.1) is 0 Å². The number of nitrogens with one attached hydrogen (secondary N) is 1. The zero-order chi connectivity index (χ0) is 16.4. The summed E-state index contributed by atoms with van der Waals surface area (Å²) >= 11 is 3.37. The van der Waals surface area contributed by atoms with Gasteiger partial charge in [-0.25, -0.2) is 4.98 Å². The Morgan fingerprint density at radius 1 is 1.26 bits per heavy atom. The highest BCUT2D eigenvalue weighted by molar-refractivity contribution is 9.10. The van der Waals surface area contributed by atoms with Crippen LogP contribution < -0.4 is 10.2 Å². The Morgan fingerprint density at radius 3 is 2.70 bits per heavy atom. The molecule has 0 bridgehead atoms. The van der Waals surface area contributed by atoms with Gasteiger partial charge in [0.05, 0.1) is 5.92 Å². The number of carbonyl (C=O) groups excluding carboxylic acids is 2. The van der Waals surface area contributed by atoms with E-state index in [1.54, 1.807) is 11.0 Å². The molecule has 1 atom stereocenters. The van der Waals surface area contributed by atoms with Crippen molar-refractivity contribution in [2.24, 2.45) is 5.92 Å². The summed E-state index contributed by atoms with van der Waals surface area (Å²) in [7, 11) is 0. The number of carbonyl (C=O) groups is 2. The quantitative estimate of drug-likeness (QED) is 0.898. The van der Waals surface area contributed by atoms with E-state index < -0.39 is 0 Å². The minimum absolute atomic E-state index is 0.0373. The summed E-state index contributed by atoms with van der Waals surface area (Å²) < 4.78 is 0.952. The smallest absolute Gasteiger partial charge is 0.230 e. The minimum atomic E-state index is -0.367. The average molecular weight is 374 g/mol. The summed E-state index contributed by atoms with van der Waals surface area (Å²) in [5.74, 6) is -0.0567. The van der Waals surface area contributed by atoms with Gasteiger partial charge in [0, 0.05) is 28.8 Å². The number of rotatable bonds is 3. The van der Waals surface area contributed by atoms with Crippen molar-refractivity contribution in [3.05, 3.63) is 52.6 Å². The highest BCUT2D eigenvalue weighted by Crippen LogP contribution is 2.27. The van der Waals surface area contributed by atoms with Crippen LogP contribution in [0.15, 0.2) is 46.9 Å². The second kappa shape index (κ2) is 6.50. The number of aromatic nitrogens is 1. The first-order valence-corrected chi connectivity index (χ1v) is 8.12. The minimum Gasteiger partial charge on any atom is -0.312 e. The Kier molecular flexibility index (Phi) is 4.43. The molecule has 2 aromatic rings. The van der Waals surface area contributed by atoms with Gasteiger partial charge in [0.25, 0.3) is 0 Å². The van der Waals surface area contributed by atoms with E-state index in [0.29, 0.717) is 12.4 Å². The van der Waals surface area contributed by atoms with Crippen LogP contribution in [0.2, 0.25) is 0 Å². The number of aryl methyl sites for hydroxylation is 1. The number of benzene rings is 1. The van der Waals surface area contributed by atoms with Crippen molar-refractivity contribution in [2.45, 2.75) is 13.3 Å². The number of anilines is 2. The Hall–Kier alpha value is -2.21. The van der Waals surface area contributed by atoms with Crippen LogP contribution in [0.5, 0.6) is 0 Å². The van der Waals surface area contributed by atoms with Gasteiger partial charge in [-0.1, -0.05) is 22.0 Å². The van der Waals surface area contributed by atoms with E-state index in [9.17, 15) is 9.59 Å². The normalized spacial score (nSPS) is 17.4. The van der Waals surface area contributed by atoms with E-state index in [2.05, 4.69) is 26.2 Å². The molecule has 0 unspecified atom stereocenters. The second-order valence-electron chi connectivity index (χ2n) is 5.54. The largest absolute Gasteiger partial charge is 0.312 e. The molecule has 0 saturated carbocycles. The number of hydrogen-bond acceptors (Lipinski definition) is 3. The number of halogens is 1. The van der Waals surface area contributed by atoms with E-state index in [4.69, 9.17) is 0 Å². The molecule has 0 spiro atoms. The van der Waals surface area contributed by atoms with Gasteiger partial charge in [0.2, 0.25) is 11.8 Å². The molecular weight excluding hydrogens is 358 g/mol.